The maximum atomic E-state index is 2.23. The number of unbranched alkanes of at least 4 members (excludes halogenated alkanes) is 1. The average molecular weight is 236 g/mol. The van der Waals surface area contributed by atoms with Gasteiger partial charge in [-0.1, -0.05) is 0 Å². The van der Waals surface area contributed by atoms with Crippen molar-refractivity contribution in [1.29, 1.82) is 0 Å². The van der Waals surface area contributed by atoms with Gasteiger partial charge in [0.2, 0.25) is 0 Å². The third-order valence-corrected chi connectivity index (χ3v) is 1.80. The Labute approximate surface area is 48.5 Å². The fourth-order valence-electron chi connectivity index (χ4n) is 0.177. The monoisotopic (exact) mass is 237 g/mol. The predicted molar refractivity (Wildman–Crippen MR) is 19.7 cm³/mol. The Hall–Kier alpha value is 0.870. The molecule has 0 amide bonds. The van der Waals surface area contributed by atoms with E-state index >= 15 is 0 Å². The molecule has 1 heteroatoms. The van der Waals surface area contributed by atoms with Crippen molar-refractivity contribution in [2.45, 2.75) is 23.9 Å². The summed E-state index contributed by atoms with van der Waals surface area (Å²) in [7, 11) is 0. The Morgan fingerprint density at radius 1 is 1.60 bits per heavy atom. The minimum absolute atomic E-state index is 1.38. The Bertz CT molecular complexity index is 11.1. The normalized spacial score (nSPS) is 8.60. The first-order valence-corrected chi connectivity index (χ1v) is 4.60. The van der Waals surface area contributed by atoms with Crippen LogP contribution in [0.15, 0.2) is 0 Å². The molecule has 0 bridgehead atoms. The molecule has 0 aromatic heterocycles. The molecule has 26 valence electrons. The van der Waals surface area contributed by atoms with Crippen LogP contribution in [0.4, 0.5) is 0 Å². The summed E-state index contributed by atoms with van der Waals surface area (Å²) in [5.74, 6) is 0. The van der Waals surface area contributed by atoms with Crippen molar-refractivity contribution in [2.24, 2.45) is 0 Å². The van der Waals surface area contributed by atoms with Crippen LogP contribution >= 0.6 is 0 Å². The minimum atomic E-state index is 1.38. The molecule has 0 aliphatic carbocycles. The molecule has 0 spiro atoms. The van der Waals surface area contributed by atoms with E-state index in [1.165, 1.54) is 41.4 Å². The van der Waals surface area contributed by atoms with E-state index in [0.717, 1.165) is 0 Å². The van der Waals surface area contributed by atoms with Crippen LogP contribution in [0.2, 0.25) is 4.18 Å². The molecule has 0 nitrogen and oxygen atoms in total. The summed E-state index contributed by atoms with van der Waals surface area (Å²) in [4.78, 5) is 0. The Kier molecular flexibility index (Phi) is 5.72. The molecule has 0 saturated carbocycles. The second kappa shape index (κ2) is 4.87. The second-order valence-electron chi connectivity index (χ2n) is 1.10. The SMILES string of the molecule is CCC[CH2][Hf+3]. The first-order chi connectivity index (χ1) is 2.41. The van der Waals surface area contributed by atoms with E-state index in [9.17, 15) is 0 Å². The van der Waals surface area contributed by atoms with E-state index in [0.29, 0.717) is 0 Å². The Balaban J connectivity index is 2.19. The second-order valence-corrected chi connectivity index (χ2v) is 2.90. The van der Waals surface area contributed by atoms with Gasteiger partial charge in [0.25, 0.3) is 0 Å². The number of hydrogen-bond donors (Lipinski definition) is 0. The van der Waals surface area contributed by atoms with Crippen molar-refractivity contribution in [2.75, 3.05) is 0 Å². The Morgan fingerprint density at radius 3 is 2.20 bits per heavy atom. The van der Waals surface area contributed by atoms with Crippen molar-refractivity contribution in [1.82, 2.24) is 0 Å². The summed E-state index contributed by atoms with van der Waals surface area (Å²) in [5.41, 5.74) is 0. The van der Waals surface area contributed by atoms with Crippen LogP contribution in [0.25, 0.3) is 0 Å². The fourth-order valence-corrected chi connectivity index (χ4v) is 1.45. The van der Waals surface area contributed by atoms with Crippen molar-refractivity contribution in [3.63, 3.8) is 0 Å². The third kappa shape index (κ3) is 4.87. The molecule has 0 saturated heterocycles. The first kappa shape index (κ1) is 5.87. The van der Waals surface area contributed by atoms with Gasteiger partial charge in [0.15, 0.2) is 0 Å². The van der Waals surface area contributed by atoms with Gasteiger partial charge >= 0.3 is 48.3 Å². The molecule has 0 aliphatic heterocycles. The summed E-state index contributed by atoms with van der Waals surface area (Å²) in [6.45, 7) is 2.23. The van der Waals surface area contributed by atoms with E-state index in [4.69, 9.17) is 0 Å². The van der Waals surface area contributed by atoms with Crippen LogP contribution in [0.1, 0.15) is 19.8 Å². The van der Waals surface area contributed by atoms with Gasteiger partial charge in [0.1, 0.15) is 0 Å². The summed E-state index contributed by atoms with van der Waals surface area (Å²) < 4.78 is 1.48. The third-order valence-electron chi connectivity index (χ3n) is 0.530. The molecule has 0 aliphatic rings. The van der Waals surface area contributed by atoms with Gasteiger partial charge in [0, 0.05) is 0 Å². The summed E-state index contributed by atoms with van der Waals surface area (Å²) >= 11 is 1.40. The van der Waals surface area contributed by atoms with Crippen molar-refractivity contribution < 1.29 is 24.4 Å². The summed E-state index contributed by atoms with van der Waals surface area (Å²) in [6, 6.07) is 0. The van der Waals surface area contributed by atoms with Gasteiger partial charge in [-0.3, -0.25) is 0 Å². The molecule has 5 heavy (non-hydrogen) atoms. The zero-order valence-electron chi connectivity index (χ0n) is 3.62. The molecule has 0 rings (SSSR count). The fraction of sp³-hybridized carbons (Fsp3) is 1.00. The van der Waals surface area contributed by atoms with Crippen molar-refractivity contribution in [3.8, 4) is 0 Å². The average Bonchev–Trinajstić information content (AvgIpc) is 1.41. The molecule has 0 unspecified atom stereocenters. The van der Waals surface area contributed by atoms with E-state index in [1.807, 2.05) is 0 Å². The molecule has 0 atom stereocenters. The van der Waals surface area contributed by atoms with Gasteiger partial charge in [-0.2, -0.15) is 0 Å². The van der Waals surface area contributed by atoms with Gasteiger partial charge in [-0.25, -0.2) is 0 Å². The molecular weight excluding hydrogens is 227 g/mol. The van der Waals surface area contributed by atoms with Crippen LogP contribution in [-0.2, 0) is 24.4 Å². The standard InChI is InChI=1S/C4H9.Hf/c1-3-4-2;/h1,3-4H2,2H3;/q;+3. The van der Waals surface area contributed by atoms with E-state index in [-0.39, 0.29) is 0 Å². The molecular formula is C4H9Hf+3. The summed E-state index contributed by atoms with van der Waals surface area (Å²) in [5, 5.41) is 0. The molecule has 0 aromatic carbocycles. The Morgan fingerprint density at radius 2 is 2.20 bits per heavy atom. The van der Waals surface area contributed by atoms with Gasteiger partial charge in [-0.05, 0) is 0 Å². The van der Waals surface area contributed by atoms with Crippen molar-refractivity contribution >= 4 is 0 Å². The molecule has 0 heterocycles. The van der Waals surface area contributed by atoms with Crippen LogP contribution in [0, 0.1) is 0 Å². The van der Waals surface area contributed by atoms with Crippen LogP contribution < -0.4 is 0 Å². The zero-order valence-corrected chi connectivity index (χ0v) is 7.21. The van der Waals surface area contributed by atoms with Crippen molar-refractivity contribution in [3.05, 3.63) is 0 Å². The maximum absolute atomic E-state index is 2.23. The van der Waals surface area contributed by atoms with Crippen LogP contribution in [-0.4, -0.2) is 0 Å². The quantitative estimate of drug-likeness (QED) is 0.640. The van der Waals surface area contributed by atoms with E-state index in [2.05, 4.69) is 6.92 Å². The molecule has 0 fully saturated rings. The van der Waals surface area contributed by atoms with E-state index < -0.39 is 0 Å². The van der Waals surface area contributed by atoms with Gasteiger partial charge in [0.05, 0.1) is 0 Å². The topological polar surface area (TPSA) is 0 Å². The van der Waals surface area contributed by atoms with Gasteiger partial charge in [-0.15, -0.1) is 0 Å². The number of hydrogen-bond acceptors (Lipinski definition) is 0. The molecule has 0 aromatic rings. The van der Waals surface area contributed by atoms with Crippen LogP contribution in [0.5, 0.6) is 0 Å². The predicted octanol–water partition coefficient (Wildman–Crippen LogP) is 1.75. The summed E-state index contributed by atoms with van der Waals surface area (Å²) in [6.07, 6.45) is 2.83. The number of rotatable bonds is 2. The first-order valence-electron chi connectivity index (χ1n) is 2.06. The van der Waals surface area contributed by atoms with Crippen LogP contribution in [0.3, 0.4) is 0 Å². The van der Waals surface area contributed by atoms with Gasteiger partial charge < -0.3 is 0 Å². The van der Waals surface area contributed by atoms with E-state index in [1.54, 1.807) is 0 Å². The molecule has 0 radical (unpaired) electrons. The zero-order chi connectivity index (χ0) is 4.12. The molecule has 0 N–H and O–H groups in total.